The lowest BCUT2D eigenvalue weighted by molar-refractivity contribution is -0.122. The van der Waals surface area contributed by atoms with Crippen LogP contribution in [0, 0.1) is 19.8 Å². The Bertz CT molecular complexity index is 1210. The number of carbonyl (C=O) groups excluding carboxylic acids is 2. The van der Waals surface area contributed by atoms with Gasteiger partial charge in [0.1, 0.15) is 5.82 Å². The zero-order valence-electron chi connectivity index (χ0n) is 19.9. The third kappa shape index (κ3) is 4.69. The fraction of sp³-hybridized carbons (Fsp3) is 0.542. The molecule has 2 amide bonds. The minimum Gasteiger partial charge on any atom is -0.311 e. The number of hydrogen-bond donors (Lipinski definition) is 1. The molecule has 4 rings (SSSR count). The van der Waals surface area contributed by atoms with Crippen LogP contribution in [0.5, 0.6) is 0 Å². The lowest BCUT2D eigenvalue weighted by atomic mass is 9.92. The fourth-order valence-electron chi connectivity index (χ4n) is 4.47. The average molecular weight is 473 g/mol. The molecule has 1 N–H and O–H groups in total. The topological polar surface area (TPSA) is 101 Å². The van der Waals surface area contributed by atoms with Crippen molar-refractivity contribution in [3.05, 3.63) is 41.1 Å². The highest BCUT2D eigenvalue weighted by Gasteiger charge is 2.37. The van der Waals surface area contributed by atoms with Crippen molar-refractivity contribution in [1.82, 2.24) is 9.78 Å². The standard InChI is InChI=1S/C24H32N4O4S/c1-15-7-6-8-19(16(15)2)27-13-17(11-22(27)29)23(30)25-21-12-20(24(3,4)5)26-28(21)18-9-10-33(31,32)14-18/h6-8,12,17-18H,9-11,13-14H2,1-5H3,(H,25,30)/t17-,18-/m1/s1. The van der Waals surface area contributed by atoms with Crippen LogP contribution in [0.25, 0.3) is 0 Å². The van der Waals surface area contributed by atoms with E-state index in [0.717, 1.165) is 22.5 Å². The van der Waals surface area contributed by atoms with E-state index in [2.05, 4.69) is 10.4 Å². The molecular formula is C24H32N4O4S. The summed E-state index contributed by atoms with van der Waals surface area (Å²) in [6.45, 7) is 10.4. The number of rotatable bonds is 4. The number of aryl methyl sites for hydroxylation is 1. The summed E-state index contributed by atoms with van der Waals surface area (Å²) >= 11 is 0. The van der Waals surface area contributed by atoms with Gasteiger partial charge in [0.25, 0.3) is 0 Å². The van der Waals surface area contributed by atoms with Gasteiger partial charge in [-0.2, -0.15) is 5.10 Å². The van der Waals surface area contributed by atoms with Gasteiger partial charge in [-0.25, -0.2) is 13.1 Å². The van der Waals surface area contributed by atoms with Crippen molar-refractivity contribution in [3.63, 3.8) is 0 Å². The van der Waals surface area contributed by atoms with Crippen molar-refractivity contribution in [2.24, 2.45) is 5.92 Å². The number of carbonyl (C=O) groups is 2. The van der Waals surface area contributed by atoms with E-state index < -0.39 is 15.8 Å². The Hall–Kier alpha value is -2.68. The molecule has 1 aromatic carbocycles. The van der Waals surface area contributed by atoms with Gasteiger partial charge in [0, 0.05) is 30.1 Å². The molecule has 2 saturated heterocycles. The number of benzene rings is 1. The molecule has 2 atom stereocenters. The molecule has 0 radical (unpaired) electrons. The molecule has 3 heterocycles. The lowest BCUT2D eigenvalue weighted by Crippen LogP contribution is -2.29. The molecule has 8 nitrogen and oxygen atoms in total. The van der Waals surface area contributed by atoms with E-state index in [-0.39, 0.29) is 41.2 Å². The summed E-state index contributed by atoms with van der Waals surface area (Å²) in [7, 11) is -3.11. The molecule has 0 bridgehead atoms. The van der Waals surface area contributed by atoms with Crippen molar-refractivity contribution < 1.29 is 18.0 Å². The molecule has 33 heavy (non-hydrogen) atoms. The van der Waals surface area contributed by atoms with Gasteiger partial charge in [0.05, 0.1) is 29.2 Å². The van der Waals surface area contributed by atoms with Crippen LogP contribution >= 0.6 is 0 Å². The third-order valence-corrected chi connectivity index (χ3v) is 8.42. The van der Waals surface area contributed by atoms with Crippen LogP contribution in [0.2, 0.25) is 0 Å². The van der Waals surface area contributed by atoms with Crippen molar-refractivity contribution in [2.45, 2.75) is 58.9 Å². The van der Waals surface area contributed by atoms with Gasteiger partial charge in [-0.1, -0.05) is 32.9 Å². The summed E-state index contributed by atoms with van der Waals surface area (Å²) in [6.07, 6.45) is 0.607. The first-order chi connectivity index (χ1) is 15.4. The Morgan fingerprint density at radius 1 is 1.21 bits per heavy atom. The number of amides is 2. The van der Waals surface area contributed by atoms with Gasteiger partial charge in [-0.15, -0.1) is 0 Å². The van der Waals surface area contributed by atoms with E-state index in [4.69, 9.17) is 0 Å². The lowest BCUT2D eigenvalue weighted by Gasteiger charge is -2.20. The summed E-state index contributed by atoms with van der Waals surface area (Å²) < 4.78 is 25.8. The minimum atomic E-state index is -3.11. The van der Waals surface area contributed by atoms with Crippen molar-refractivity contribution in [2.75, 3.05) is 28.3 Å². The number of nitrogens with zero attached hydrogens (tertiary/aromatic N) is 3. The van der Waals surface area contributed by atoms with Crippen LogP contribution in [-0.2, 0) is 24.8 Å². The number of sulfone groups is 1. The third-order valence-electron chi connectivity index (χ3n) is 6.67. The molecule has 9 heteroatoms. The Morgan fingerprint density at radius 3 is 2.58 bits per heavy atom. The number of nitrogens with one attached hydrogen (secondary N) is 1. The minimum absolute atomic E-state index is 0.0173. The molecule has 0 aliphatic carbocycles. The average Bonchev–Trinajstić information content (AvgIpc) is 3.40. The van der Waals surface area contributed by atoms with Crippen LogP contribution in [0.1, 0.15) is 56.5 Å². The first-order valence-electron chi connectivity index (χ1n) is 11.3. The van der Waals surface area contributed by atoms with Crippen LogP contribution < -0.4 is 10.2 Å². The van der Waals surface area contributed by atoms with Crippen molar-refractivity contribution in [3.8, 4) is 0 Å². The Balaban J connectivity index is 1.56. The second kappa shape index (κ2) is 8.27. The van der Waals surface area contributed by atoms with E-state index >= 15 is 0 Å². The SMILES string of the molecule is Cc1cccc(N2C[C@H](C(=O)Nc3cc(C(C)(C)C)nn3[C@@H]3CCS(=O)(=O)C3)CC2=O)c1C. The normalized spacial score (nSPS) is 22.7. The van der Waals surface area contributed by atoms with Crippen LogP contribution in [-0.4, -0.2) is 48.1 Å². The van der Waals surface area contributed by atoms with Gasteiger partial charge in [-0.3, -0.25) is 9.59 Å². The fourth-order valence-corrected chi connectivity index (χ4v) is 6.17. The van der Waals surface area contributed by atoms with Crippen LogP contribution in [0.15, 0.2) is 24.3 Å². The molecule has 0 saturated carbocycles. The maximum absolute atomic E-state index is 13.2. The number of anilines is 2. The molecule has 2 aliphatic heterocycles. The predicted molar refractivity (Wildman–Crippen MR) is 128 cm³/mol. The summed E-state index contributed by atoms with van der Waals surface area (Å²) in [6, 6.07) is 7.34. The summed E-state index contributed by atoms with van der Waals surface area (Å²) in [4.78, 5) is 27.6. The molecule has 0 spiro atoms. The smallest absolute Gasteiger partial charge is 0.230 e. The molecule has 0 unspecified atom stereocenters. The molecular weight excluding hydrogens is 440 g/mol. The first-order valence-corrected chi connectivity index (χ1v) is 13.2. The zero-order valence-corrected chi connectivity index (χ0v) is 20.7. The van der Waals surface area contributed by atoms with Gasteiger partial charge in [-0.05, 0) is 37.5 Å². The Morgan fingerprint density at radius 2 is 1.94 bits per heavy atom. The zero-order chi connectivity index (χ0) is 24.1. The van der Waals surface area contributed by atoms with E-state index in [1.807, 2.05) is 58.9 Å². The van der Waals surface area contributed by atoms with Gasteiger partial charge in [0.15, 0.2) is 9.84 Å². The maximum atomic E-state index is 13.2. The van der Waals surface area contributed by atoms with Gasteiger partial charge in [0.2, 0.25) is 11.8 Å². The van der Waals surface area contributed by atoms with E-state index in [1.165, 1.54) is 0 Å². The first kappa shape index (κ1) is 23.5. The maximum Gasteiger partial charge on any atom is 0.230 e. The summed E-state index contributed by atoms with van der Waals surface area (Å²) in [5.74, 6) is -0.190. The number of hydrogen-bond acceptors (Lipinski definition) is 5. The predicted octanol–water partition coefficient (Wildman–Crippen LogP) is 3.15. The Labute approximate surface area is 195 Å². The monoisotopic (exact) mass is 472 g/mol. The van der Waals surface area contributed by atoms with Crippen LogP contribution in [0.4, 0.5) is 11.5 Å². The van der Waals surface area contributed by atoms with Crippen molar-refractivity contribution >= 4 is 33.2 Å². The molecule has 2 aromatic rings. The van der Waals surface area contributed by atoms with E-state index in [9.17, 15) is 18.0 Å². The highest BCUT2D eigenvalue weighted by atomic mass is 32.2. The van der Waals surface area contributed by atoms with Crippen LogP contribution in [0.3, 0.4) is 0 Å². The largest absolute Gasteiger partial charge is 0.311 e. The van der Waals surface area contributed by atoms with Gasteiger partial charge < -0.3 is 10.2 Å². The number of aromatic nitrogens is 2. The molecule has 2 aliphatic rings. The quantitative estimate of drug-likeness (QED) is 0.737. The second-order valence-electron chi connectivity index (χ2n) is 10.3. The summed E-state index contributed by atoms with van der Waals surface area (Å²) in [5.41, 5.74) is 3.49. The highest BCUT2D eigenvalue weighted by Crippen LogP contribution is 2.33. The van der Waals surface area contributed by atoms with Gasteiger partial charge >= 0.3 is 0 Å². The second-order valence-corrected chi connectivity index (χ2v) is 12.5. The molecule has 178 valence electrons. The molecule has 1 aromatic heterocycles. The Kier molecular flexibility index (Phi) is 5.88. The van der Waals surface area contributed by atoms with Crippen molar-refractivity contribution in [1.29, 1.82) is 0 Å². The van der Waals surface area contributed by atoms with E-state index in [1.54, 1.807) is 9.58 Å². The summed E-state index contributed by atoms with van der Waals surface area (Å²) in [5, 5.41) is 7.62. The molecule has 2 fully saturated rings. The highest BCUT2D eigenvalue weighted by molar-refractivity contribution is 7.91. The van der Waals surface area contributed by atoms with E-state index in [0.29, 0.717) is 18.8 Å².